The number of hydrogen-bond acceptors (Lipinski definition) is 4. The second-order valence-corrected chi connectivity index (χ2v) is 4.56. The fourth-order valence-corrected chi connectivity index (χ4v) is 1.59. The molecule has 0 amide bonds. The molecule has 0 spiro atoms. The Balaban J connectivity index is 2.16. The first kappa shape index (κ1) is 12.9. The highest BCUT2D eigenvalue weighted by molar-refractivity contribution is 14.1. The van der Waals surface area contributed by atoms with Crippen molar-refractivity contribution < 1.29 is 9.84 Å². The van der Waals surface area contributed by atoms with Gasteiger partial charge < -0.3 is 9.84 Å². The molecule has 1 aromatic rings. The van der Waals surface area contributed by atoms with Crippen molar-refractivity contribution in [1.82, 2.24) is 15.5 Å². The van der Waals surface area contributed by atoms with Crippen LogP contribution < -0.4 is 5.32 Å². The summed E-state index contributed by atoms with van der Waals surface area (Å²) >= 11 is 2.14. The van der Waals surface area contributed by atoms with Crippen molar-refractivity contribution in [1.29, 1.82) is 0 Å². The zero-order valence-electron chi connectivity index (χ0n) is 8.83. The van der Waals surface area contributed by atoms with E-state index in [9.17, 15) is 5.11 Å². The van der Waals surface area contributed by atoms with Crippen LogP contribution in [0.4, 0.5) is 0 Å². The lowest BCUT2D eigenvalue weighted by molar-refractivity contribution is -0.143. The summed E-state index contributed by atoms with van der Waals surface area (Å²) in [6, 6.07) is 1.97. The Morgan fingerprint density at radius 2 is 2.40 bits per heavy atom. The normalized spacial score (nSPS) is 13.4. The lowest BCUT2D eigenvalue weighted by Crippen LogP contribution is -2.34. The fraction of sp³-hybridized carbons (Fsp3) is 0.667. The van der Waals surface area contributed by atoms with Gasteiger partial charge in [0.15, 0.2) is 0 Å². The minimum absolute atomic E-state index is 0.0144. The Bertz CT molecular complexity index is 291. The molecule has 3 N–H and O–H groups in total. The third-order valence-electron chi connectivity index (χ3n) is 1.71. The quantitative estimate of drug-likeness (QED) is 0.536. The van der Waals surface area contributed by atoms with Gasteiger partial charge in [-0.15, -0.1) is 0 Å². The molecule has 0 aliphatic rings. The van der Waals surface area contributed by atoms with Gasteiger partial charge in [0.2, 0.25) is 6.41 Å². The zero-order valence-corrected chi connectivity index (χ0v) is 11.0. The lowest BCUT2D eigenvalue weighted by Gasteiger charge is -2.15. The van der Waals surface area contributed by atoms with Gasteiger partial charge in [-0.3, -0.25) is 10.4 Å². The number of nitrogens with one attached hydrogen (secondary N) is 2. The smallest absolute Gasteiger partial charge is 0.213 e. The number of aromatic nitrogens is 2. The van der Waals surface area contributed by atoms with Crippen LogP contribution in [0.15, 0.2) is 6.07 Å². The van der Waals surface area contributed by atoms with Crippen molar-refractivity contribution >= 4 is 22.6 Å². The monoisotopic (exact) mass is 325 g/mol. The molecule has 0 aliphatic carbocycles. The number of halogens is 1. The molecule has 15 heavy (non-hydrogen) atoms. The minimum Gasteiger partial charge on any atom is -0.356 e. The summed E-state index contributed by atoms with van der Waals surface area (Å²) in [4.78, 5) is 0. The summed E-state index contributed by atoms with van der Waals surface area (Å²) in [5.41, 5.74) is 1.05. The number of rotatable bonds is 6. The Morgan fingerprint density at radius 3 is 2.93 bits per heavy atom. The van der Waals surface area contributed by atoms with E-state index >= 15 is 0 Å². The molecule has 0 radical (unpaired) electrons. The van der Waals surface area contributed by atoms with Crippen LogP contribution in [-0.4, -0.2) is 34.4 Å². The average molecular weight is 325 g/mol. The van der Waals surface area contributed by atoms with Crippen LogP contribution in [0, 0.1) is 3.70 Å². The van der Waals surface area contributed by atoms with Crippen LogP contribution in [0.1, 0.15) is 19.5 Å². The minimum atomic E-state index is -0.896. The van der Waals surface area contributed by atoms with Crippen LogP contribution in [0.25, 0.3) is 0 Å². The molecule has 0 aliphatic heterocycles. The molecule has 1 rings (SSSR count). The molecule has 5 nitrogen and oxygen atoms in total. The molecule has 6 heteroatoms. The van der Waals surface area contributed by atoms with Gasteiger partial charge in [0.1, 0.15) is 3.70 Å². The third kappa shape index (κ3) is 5.45. The second-order valence-electron chi connectivity index (χ2n) is 3.46. The number of aromatic amines is 1. The highest BCUT2D eigenvalue weighted by Gasteiger charge is 2.05. The summed E-state index contributed by atoms with van der Waals surface area (Å²) in [7, 11) is 0. The van der Waals surface area contributed by atoms with E-state index in [1.807, 2.05) is 19.9 Å². The number of hydrogen-bond donors (Lipinski definition) is 3. The first-order chi connectivity index (χ1) is 7.08. The van der Waals surface area contributed by atoms with Gasteiger partial charge in [-0.05, 0) is 42.5 Å². The number of aliphatic hydroxyl groups is 1. The first-order valence-electron chi connectivity index (χ1n) is 4.84. The maximum atomic E-state index is 9.34. The van der Waals surface area contributed by atoms with Gasteiger partial charge in [-0.1, -0.05) is 0 Å². The molecule has 0 aromatic carbocycles. The Kier molecular flexibility index (Phi) is 5.51. The summed E-state index contributed by atoms with van der Waals surface area (Å²) < 4.78 is 6.06. The molecule has 0 fully saturated rings. The van der Waals surface area contributed by atoms with Crippen LogP contribution in [0.3, 0.4) is 0 Å². The van der Waals surface area contributed by atoms with Crippen LogP contribution in [0.2, 0.25) is 0 Å². The van der Waals surface area contributed by atoms with Crippen molar-refractivity contribution in [3.63, 3.8) is 0 Å². The van der Waals surface area contributed by atoms with Gasteiger partial charge in [-0.2, -0.15) is 5.10 Å². The molecule has 0 saturated carbocycles. The van der Waals surface area contributed by atoms with E-state index in [0.29, 0.717) is 6.54 Å². The van der Waals surface area contributed by atoms with Gasteiger partial charge in [0.05, 0.1) is 6.10 Å². The Morgan fingerprint density at radius 1 is 1.67 bits per heavy atom. The summed E-state index contributed by atoms with van der Waals surface area (Å²) in [6.07, 6.45) is -0.0956. The van der Waals surface area contributed by atoms with Crippen LogP contribution in [0.5, 0.6) is 0 Å². The maximum Gasteiger partial charge on any atom is 0.213 e. The largest absolute Gasteiger partial charge is 0.356 e. The van der Waals surface area contributed by atoms with Gasteiger partial charge in [-0.25, -0.2) is 0 Å². The highest BCUT2D eigenvalue weighted by atomic mass is 127. The van der Waals surface area contributed by atoms with Crippen molar-refractivity contribution in [3.05, 3.63) is 15.5 Å². The maximum absolute atomic E-state index is 9.34. The third-order valence-corrected chi connectivity index (χ3v) is 2.27. The summed E-state index contributed by atoms with van der Waals surface area (Å²) in [5.74, 6) is 0. The molecule has 1 heterocycles. The number of nitrogens with zero attached hydrogens (tertiary/aromatic N) is 1. The summed E-state index contributed by atoms with van der Waals surface area (Å²) in [5, 5.41) is 19.1. The van der Waals surface area contributed by atoms with Crippen LogP contribution in [-0.2, 0) is 11.2 Å². The molecule has 86 valence electrons. The van der Waals surface area contributed by atoms with Crippen molar-refractivity contribution in [2.45, 2.75) is 32.8 Å². The topological polar surface area (TPSA) is 70.2 Å². The average Bonchev–Trinajstić information content (AvgIpc) is 2.50. The van der Waals surface area contributed by atoms with Gasteiger partial charge in [0, 0.05) is 18.7 Å². The van der Waals surface area contributed by atoms with E-state index in [1.54, 1.807) is 0 Å². The van der Waals surface area contributed by atoms with E-state index < -0.39 is 6.41 Å². The van der Waals surface area contributed by atoms with E-state index in [4.69, 9.17) is 4.74 Å². The molecule has 0 saturated heterocycles. The highest BCUT2D eigenvalue weighted by Crippen LogP contribution is 2.02. The van der Waals surface area contributed by atoms with Gasteiger partial charge >= 0.3 is 0 Å². The molecular weight excluding hydrogens is 309 g/mol. The Hall–Kier alpha value is -0.180. The predicted molar refractivity (Wildman–Crippen MR) is 65.2 cm³/mol. The van der Waals surface area contributed by atoms with Crippen molar-refractivity contribution in [3.8, 4) is 0 Å². The van der Waals surface area contributed by atoms with E-state index in [2.05, 4.69) is 38.1 Å². The number of ether oxygens (including phenoxy) is 1. The molecule has 1 aromatic heterocycles. The number of aliphatic hydroxyl groups excluding tert-OH is 1. The molecule has 1 atom stereocenters. The van der Waals surface area contributed by atoms with Gasteiger partial charge in [0.25, 0.3) is 0 Å². The molecular formula is C9H16IN3O2. The first-order valence-corrected chi connectivity index (χ1v) is 5.92. The Labute approximate surface area is 103 Å². The molecule has 1 unspecified atom stereocenters. The predicted octanol–water partition coefficient (Wildman–Crippen LogP) is 0.847. The fourth-order valence-electron chi connectivity index (χ4n) is 1.10. The standard InChI is InChI=1S/C9H16IN3O2/c1-6(2)15-9(14)11-4-3-7-5-8(10)13-12-7/h5-6,9,11,14H,3-4H2,1-2H3,(H,12,13). The zero-order chi connectivity index (χ0) is 11.3. The molecule has 0 bridgehead atoms. The van der Waals surface area contributed by atoms with E-state index in [-0.39, 0.29) is 6.10 Å². The van der Waals surface area contributed by atoms with Crippen molar-refractivity contribution in [2.75, 3.05) is 6.54 Å². The van der Waals surface area contributed by atoms with E-state index in [1.165, 1.54) is 0 Å². The lowest BCUT2D eigenvalue weighted by atomic mass is 10.3. The SMILES string of the molecule is CC(C)OC(O)NCCc1cc(I)n[nH]1. The summed E-state index contributed by atoms with van der Waals surface area (Å²) in [6.45, 7) is 4.40. The van der Waals surface area contributed by atoms with Crippen LogP contribution >= 0.6 is 22.6 Å². The van der Waals surface area contributed by atoms with E-state index in [0.717, 1.165) is 15.8 Å². The second kappa shape index (κ2) is 6.41. The van der Waals surface area contributed by atoms with Crippen molar-refractivity contribution in [2.24, 2.45) is 0 Å². The number of H-pyrrole nitrogens is 1.